The standard InChI is InChI=1S/C16H17F3N2O3/c1-4-24-14(22)12-9(2)21(3)15(23)20-13(12)10-7-5-6-8-11(10)16(17,18)19/h5-8,13H,4H2,1-3H3,(H,20,23)/t13-/m0/s1. The van der Waals surface area contributed by atoms with Crippen molar-refractivity contribution in [3.05, 3.63) is 46.7 Å². The number of hydrogen-bond donors (Lipinski definition) is 1. The van der Waals surface area contributed by atoms with E-state index in [1.54, 1.807) is 6.92 Å². The van der Waals surface area contributed by atoms with Crippen LogP contribution in [0.5, 0.6) is 0 Å². The number of benzene rings is 1. The van der Waals surface area contributed by atoms with E-state index < -0.39 is 29.8 Å². The van der Waals surface area contributed by atoms with Gasteiger partial charge < -0.3 is 15.0 Å². The average molecular weight is 342 g/mol. The molecule has 1 aromatic carbocycles. The molecule has 1 N–H and O–H groups in total. The zero-order valence-corrected chi connectivity index (χ0v) is 13.4. The van der Waals surface area contributed by atoms with Gasteiger partial charge in [0.05, 0.1) is 23.8 Å². The fourth-order valence-corrected chi connectivity index (χ4v) is 2.55. The van der Waals surface area contributed by atoms with Crippen molar-refractivity contribution in [2.75, 3.05) is 13.7 Å². The minimum atomic E-state index is -4.61. The van der Waals surface area contributed by atoms with Gasteiger partial charge in [-0.3, -0.25) is 0 Å². The van der Waals surface area contributed by atoms with Gasteiger partial charge in [-0.2, -0.15) is 13.2 Å². The number of alkyl halides is 3. The first-order chi connectivity index (χ1) is 11.2. The van der Waals surface area contributed by atoms with Crippen molar-refractivity contribution in [1.82, 2.24) is 10.2 Å². The number of urea groups is 1. The molecule has 5 nitrogen and oxygen atoms in total. The molecule has 1 atom stereocenters. The summed E-state index contributed by atoms with van der Waals surface area (Å²) in [6, 6.07) is 3.01. The number of ether oxygens (including phenoxy) is 1. The monoisotopic (exact) mass is 342 g/mol. The number of hydrogen-bond acceptors (Lipinski definition) is 3. The lowest BCUT2D eigenvalue weighted by Gasteiger charge is -2.34. The largest absolute Gasteiger partial charge is 0.463 e. The highest BCUT2D eigenvalue weighted by molar-refractivity contribution is 5.95. The zero-order chi connectivity index (χ0) is 18.1. The van der Waals surface area contributed by atoms with Crippen LogP contribution in [0.25, 0.3) is 0 Å². The summed E-state index contributed by atoms with van der Waals surface area (Å²) in [7, 11) is 1.43. The number of carbonyl (C=O) groups excluding carboxylic acids is 2. The molecule has 0 spiro atoms. The van der Waals surface area contributed by atoms with Gasteiger partial charge in [-0.1, -0.05) is 18.2 Å². The van der Waals surface area contributed by atoms with Gasteiger partial charge in [-0.05, 0) is 25.5 Å². The van der Waals surface area contributed by atoms with Crippen molar-refractivity contribution >= 4 is 12.0 Å². The molecule has 0 saturated heterocycles. The van der Waals surface area contributed by atoms with Gasteiger partial charge in [0, 0.05) is 12.7 Å². The Bertz CT molecular complexity index is 698. The lowest BCUT2D eigenvalue weighted by Crippen LogP contribution is -2.46. The van der Waals surface area contributed by atoms with Crippen molar-refractivity contribution in [3.63, 3.8) is 0 Å². The van der Waals surface area contributed by atoms with E-state index >= 15 is 0 Å². The summed E-state index contributed by atoms with van der Waals surface area (Å²) < 4.78 is 44.8. The van der Waals surface area contributed by atoms with E-state index in [1.165, 1.54) is 37.1 Å². The number of rotatable bonds is 3. The maximum Gasteiger partial charge on any atom is 0.416 e. The maximum atomic E-state index is 13.3. The number of nitrogens with one attached hydrogen (secondary N) is 1. The first-order valence-corrected chi connectivity index (χ1v) is 7.26. The van der Waals surface area contributed by atoms with E-state index in [2.05, 4.69) is 5.32 Å². The SMILES string of the molecule is CCOC(=O)C1=C(C)N(C)C(=O)N[C@H]1c1ccccc1C(F)(F)F. The molecule has 0 bridgehead atoms. The topological polar surface area (TPSA) is 58.6 Å². The lowest BCUT2D eigenvalue weighted by molar-refractivity contribution is -0.141. The molecule has 0 unspecified atom stereocenters. The van der Waals surface area contributed by atoms with Gasteiger partial charge in [0.1, 0.15) is 0 Å². The third kappa shape index (κ3) is 3.22. The molecular formula is C16H17F3N2O3. The molecule has 0 radical (unpaired) electrons. The predicted octanol–water partition coefficient (Wildman–Crippen LogP) is 3.24. The summed E-state index contributed by atoms with van der Waals surface area (Å²) in [6.07, 6.45) is -4.61. The molecule has 0 saturated carbocycles. The highest BCUT2D eigenvalue weighted by Crippen LogP contribution is 2.39. The molecule has 2 rings (SSSR count). The molecule has 1 heterocycles. The molecule has 24 heavy (non-hydrogen) atoms. The summed E-state index contributed by atoms with van der Waals surface area (Å²) in [5, 5.41) is 2.44. The Morgan fingerprint density at radius 1 is 1.33 bits per heavy atom. The second-order valence-electron chi connectivity index (χ2n) is 5.25. The summed E-state index contributed by atoms with van der Waals surface area (Å²) in [5.74, 6) is -0.760. The van der Waals surface area contributed by atoms with Crippen molar-refractivity contribution in [3.8, 4) is 0 Å². The van der Waals surface area contributed by atoms with E-state index in [4.69, 9.17) is 4.74 Å². The Morgan fingerprint density at radius 3 is 2.54 bits per heavy atom. The number of esters is 1. The van der Waals surface area contributed by atoms with Crippen LogP contribution >= 0.6 is 0 Å². The first kappa shape index (κ1) is 17.8. The Labute approximate surface area is 137 Å². The van der Waals surface area contributed by atoms with Gasteiger partial charge in [0.25, 0.3) is 0 Å². The van der Waals surface area contributed by atoms with E-state index in [9.17, 15) is 22.8 Å². The Kier molecular flexibility index (Phi) is 4.86. The first-order valence-electron chi connectivity index (χ1n) is 7.26. The van der Waals surface area contributed by atoms with Crippen LogP contribution in [-0.4, -0.2) is 30.6 Å². The number of halogens is 3. The lowest BCUT2D eigenvalue weighted by atomic mass is 9.91. The van der Waals surface area contributed by atoms with Crippen molar-refractivity contribution < 1.29 is 27.5 Å². The number of amides is 2. The van der Waals surface area contributed by atoms with Crippen LogP contribution < -0.4 is 5.32 Å². The molecule has 0 aliphatic carbocycles. The Balaban J connectivity index is 2.63. The van der Waals surface area contributed by atoms with E-state index in [0.717, 1.165) is 6.07 Å². The molecule has 1 aliphatic rings. The summed E-state index contributed by atoms with van der Waals surface area (Å²) in [5.41, 5.74) is -0.877. The van der Waals surface area contributed by atoms with E-state index in [1.807, 2.05) is 0 Å². The normalized spacial score (nSPS) is 18.5. The van der Waals surface area contributed by atoms with Crippen LogP contribution in [-0.2, 0) is 15.7 Å². The van der Waals surface area contributed by atoms with Gasteiger partial charge in [0.2, 0.25) is 0 Å². The number of nitrogens with zero attached hydrogens (tertiary/aromatic N) is 1. The van der Waals surface area contributed by atoms with Crippen LogP contribution in [0.15, 0.2) is 35.5 Å². The fraction of sp³-hybridized carbons (Fsp3) is 0.375. The summed E-state index contributed by atoms with van der Waals surface area (Å²) >= 11 is 0. The second kappa shape index (κ2) is 6.54. The van der Waals surface area contributed by atoms with E-state index in [0.29, 0.717) is 0 Å². The van der Waals surface area contributed by atoms with Crippen LogP contribution in [0.2, 0.25) is 0 Å². The second-order valence-corrected chi connectivity index (χ2v) is 5.25. The fourth-order valence-electron chi connectivity index (χ4n) is 2.55. The van der Waals surface area contributed by atoms with Gasteiger partial charge >= 0.3 is 18.2 Å². The maximum absolute atomic E-state index is 13.3. The quantitative estimate of drug-likeness (QED) is 0.858. The molecule has 130 valence electrons. The highest BCUT2D eigenvalue weighted by atomic mass is 19.4. The van der Waals surface area contributed by atoms with E-state index in [-0.39, 0.29) is 23.4 Å². The molecule has 0 fully saturated rings. The van der Waals surface area contributed by atoms with Crippen molar-refractivity contribution in [2.45, 2.75) is 26.1 Å². The Hall–Kier alpha value is -2.51. The molecule has 1 aromatic rings. The predicted molar refractivity (Wildman–Crippen MR) is 79.8 cm³/mol. The smallest absolute Gasteiger partial charge is 0.416 e. The number of allylic oxidation sites excluding steroid dienone is 1. The van der Waals surface area contributed by atoms with Gasteiger partial charge in [0.15, 0.2) is 0 Å². The third-order valence-corrected chi connectivity index (χ3v) is 3.83. The highest BCUT2D eigenvalue weighted by Gasteiger charge is 2.40. The number of carbonyl (C=O) groups is 2. The molecule has 2 amide bonds. The van der Waals surface area contributed by atoms with Crippen LogP contribution in [0, 0.1) is 0 Å². The van der Waals surface area contributed by atoms with Crippen molar-refractivity contribution in [2.24, 2.45) is 0 Å². The Morgan fingerprint density at radius 2 is 1.96 bits per heavy atom. The van der Waals surface area contributed by atoms with Crippen LogP contribution in [0.3, 0.4) is 0 Å². The van der Waals surface area contributed by atoms with Crippen molar-refractivity contribution in [1.29, 1.82) is 0 Å². The van der Waals surface area contributed by atoms with Gasteiger partial charge in [-0.15, -0.1) is 0 Å². The molecule has 1 aliphatic heterocycles. The molecule has 0 aromatic heterocycles. The minimum Gasteiger partial charge on any atom is -0.463 e. The van der Waals surface area contributed by atoms with Crippen LogP contribution in [0.1, 0.15) is 31.0 Å². The molecular weight excluding hydrogens is 325 g/mol. The zero-order valence-electron chi connectivity index (χ0n) is 13.4. The summed E-state index contributed by atoms with van der Waals surface area (Å²) in [6.45, 7) is 3.16. The molecule has 8 heteroatoms. The minimum absolute atomic E-state index is 0.0179. The van der Waals surface area contributed by atoms with Crippen LogP contribution in [0.4, 0.5) is 18.0 Å². The van der Waals surface area contributed by atoms with Gasteiger partial charge in [-0.25, -0.2) is 9.59 Å². The average Bonchev–Trinajstić information content (AvgIpc) is 2.51. The summed E-state index contributed by atoms with van der Waals surface area (Å²) in [4.78, 5) is 25.5. The third-order valence-electron chi connectivity index (χ3n) is 3.83.